The minimum absolute atomic E-state index is 0.263. The van der Waals surface area contributed by atoms with Crippen molar-refractivity contribution in [1.29, 1.82) is 0 Å². The molecule has 2 aromatic heterocycles. The van der Waals surface area contributed by atoms with Crippen LogP contribution in [-0.4, -0.2) is 20.9 Å². The molecule has 4 aromatic rings. The van der Waals surface area contributed by atoms with E-state index in [9.17, 15) is 4.79 Å². The smallest absolute Gasteiger partial charge is 0.275 e. The van der Waals surface area contributed by atoms with E-state index in [1.807, 2.05) is 42.5 Å². The van der Waals surface area contributed by atoms with E-state index in [2.05, 4.69) is 20.3 Å². The highest BCUT2D eigenvalue weighted by atomic mass is 16.3. The van der Waals surface area contributed by atoms with E-state index in [0.29, 0.717) is 17.0 Å². The molecule has 6 nitrogen and oxygen atoms in total. The zero-order valence-electron chi connectivity index (χ0n) is 12.5. The van der Waals surface area contributed by atoms with Gasteiger partial charge in [-0.1, -0.05) is 24.3 Å². The van der Waals surface area contributed by atoms with E-state index < -0.39 is 0 Å². The lowest BCUT2D eigenvalue weighted by molar-refractivity contribution is 0.102. The van der Waals surface area contributed by atoms with Gasteiger partial charge in [0.1, 0.15) is 5.69 Å². The monoisotopic (exact) mass is 316 g/mol. The first-order chi connectivity index (χ1) is 11.8. The van der Waals surface area contributed by atoms with Crippen molar-refractivity contribution in [2.75, 3.05) is 5.32 Å². The van der Waals surface area contributed by atoms with Crippen LogP contribution < -0.4 is 5.32 Å². The van der Waals surface area contributed by atoms with E-state index in [1.54, 1.807) is 12.3 Å². The molecule has 4 rings (SSSR count). The van der Waals surface area contributed by atoms with Gasteiger partial charge in [-0.2, -0.15) is 0 Å². The third-order valence-electron chi connectivity index (χ3n) is 3.52. The Kier molecular flexibility index (Phi) is 3.47. The van der Waals surface area contributed by atoms with Gasteiger partial charge in [0.15, 0.2) is 12.2 Å². The molecule has 1 N–H and O–H groups in total. The normalized spacial score (nSPS) is 10.7. The fourth-order valence-corrected chi connectivity index (χ4v) is 2.37. The Bertz CT molecular complexity index is 1010. The minimum Gasteiger partial charge on any atom is -0.444 e. The average molecular weight is 316 g/mol. The summed E-state index contributed by atoms with van der Waals surface area (Å²) in [6.07, 6.45) is 4.46. The fraction of sp³-hybridized carbons (Fsp3) is 0. The molecule has 0 saturated heterocycles. The highest BCUT2D eigenvalue weighted by molar-refractivity contribution is 6.03. The molecular weight excluding hydrogens is 304 g/mol. The van der Waals surface area contributed by atoms with Crippen molar-refractivity contribution in [3.8, 4) is 11.3 Å². The van der Waals surface area contributed by atoms with Crippen LogP contribution in [0.25, 0.3) is 22.4 Å². The summed E-state index contributed by atoms with van der Waals surface area (Å²) in [5.74, 6) is 0.319. The van der Waals surface area contributed by atoms with E-state index >= 15 is 0 Å². The van der Waals surface area contributed by atoms with Crippen LogP contribution in [0.15, 0.2) is 71.7 Å². The quantitative estimate of drug-likeness (QED) is 0.625. The number of nitrogens with zero attached hydrogens (tertiary/aromatic N) is 3. The lowest BCUT2D eigenvalue weighted by atomic mass is 10.1. The number of amides is 1. The van der Waals surface area contributed by atoms with Crippen LogP contribution in [0.4, 0.5) is 5.69 Å². The highest BCUT2D eigenvalue weighted by Gasteiger charge is 2.10. The molecule has 0 aliphatic heterocycles. The van der Waals surface area contributed by atoms with Crippen LogP contribution in [0.2, 0.25) is 0 Å². The Morgan fingerprint density at radius 2 is 1.88 bits per heavy atom. The number of hydrogen-bond acceptors (Lipinski definition) is 5. The summed E-state index contributed by atoms with van der Waals surface area (Å²) in [5, 5.41) is 2.82. The summed E-state index contributed by atoms with van der Waals surface area (Å²) >= 11 is 0. The Morgan fingerprint density at radius 3 is 2.71 bits per heavy atom. The number of rotatable bonds is 3. The van der Waals surface area contributed by atoms with Gasteiger partial charge in [0, 0.05) is 11.3 Å². The van der Waals surface area contributed by atoms with Crippen LogP contribution in [0.1, 0.15) is 10.5 Å². The number of carbonyl (C=O) groups is 1. The number of oxazole rings is 1. The summed E-state index contributed by atoms with van der Waals surface area (Å²) in [6, 6.07) is 14.7. The average Bonchev–Trinajstić information content (AvgIpc) is 3.16. The van der Waals surface area contributed by atoms with Gasteiger partial charge in [-0.3, -0.25) is 9.78 Å². The first-order valence-electron chi connectivity index (χ1n) is 7.32. The second-order valence-electron chi connectivity index (χ2n) is 5.14. The summed E-state index contributed by atoms with van der Waals surface area (Å²) < 4.78 is 5.27. The second kappa shape index (κ2) is 5.92. The third kappa shape index (κ3) is 2.72. The third-order valence-corrected chi connectivity index (χ3v) is 3.52. The fourth-order valence-electron chi connectivity index (χ4n) is 2.37. The maximum absolute atomic E-state index is 12.4. The molecule has 2 heterocycles. The lowest BCUT2D eigenvalue weighted by Gasteiger charge is -2.06. The first-order valence-corrected chi connectivity index (χ1v) is 7.32. The van der Waals surface area contributed by atoms with Crippen molar-refractivity contribution >= 4 is 22.6 Å². The van der Waals surface area contributed by atoms with Crippen molar-refractivity contribution in [3.63, 3.8) is 0 Å². The molecule has 0 aliphatic rings. The molecule has 2 aromatic carbocycles. The molecule has 1 amide bonds. The van der Waals surface area contributed by atoms with Gasteiger partial charge in [-0.25, -0.2) is 9.97 Å². The second-order valence-corrected chi connectivity index (χ2v) is 5.14. The number of para-hydroxylation sites is 2. The molecule has 6 heteroatoms. The number of fused-ring (bicyclic) bond motifs is 1. The number of nitrogens with one attached hydrogen (secondary N) is 1. The van der Waals surface area contributed by atoms with Gasteiger partial charge < -0.3 is 9.73 Å². The Balaban J connectivity index is 1.60. The van der Waals surface area contributed by atoms with E-state index in [4.69, 9.17) is 4.42 Å². The maximum Gasteiger partial charge on any atom is 0.275 e. The standard InChI is InChI=1S/C18H12N4O2/c23-18(16-9-20-14-6-1-2-7-15(14)22-16)21-13-5-3-4-12(8-13)17-10-19-11-24-17/h1-11H,(H,21,23). The summed E-state index contributed by atoms with van der Waals surface area (Å²) in [5.41, 5.74) is 3.17. The Morgan fingerprint density at radius 1 is 1.00 bits per heavy atom. The van der Waals surface area contributed by atoms with E-state index in [-0.39, 0.29) is 11.6 Å². The van der Waals surface area contributed by atoms with Crippen molar-refractivity contribution in [2.45, 2.75) is 0 Å². The van der Waals surface area contributed by atoms with Crippen molar-refractivity contribution in [3.05, 3.63) is 73.0 Å². The van der Waals surface area contributed by atoms with Crippen LogP contribution in [0, 0.1) is 0 Å². The molecule has 0 saturated carbocycles. The number of anilines is 1. The molecule has 0 unspecified atom stereocenters. The largest absolute Gasteiger partial charge is 0.444 e. The SMILES string of the molecule is O=C(Nc1cccc(-c2cnco2)c1)c1cnc2ccccc2n1. The zero-order valence-corrected chi connectivity index (χ0v) is 12.5. The summed E-state index contributed by atoms with van der Waals surface area (Å²) in [7, 11) is 0. The molecule has 0 aliphatic carbocycles. The Labute approximate surface area is 137 Å². The van der Waals surface area contributed by atoms with Crippen molar-refractivity contribution < 1.29 is 9.21 Å². The maximum atomic E-state index is 12.4. The van der Waals surface area contributed by atoms with E-state index in [1.165, 1.54) is 12.6 Å². The number of aromatic nitrogens is 3. The summed E-state index contributed by atoms with van der Waals surface area (Å²) in [6.45, 7) is 0. The highest BCUT2D eigenvalue weighted by Crippen LogP contribution is 2.22. The number of hydrogen-bond donors (Lipinski definition) is 1. The minimum atomic E-state index is -0.317. The molecule has 0 bridgehead atoms. The van der Waals surface area contributed by atoms with Crippen LogP contribution in [-0.2, 0) is 0 Å². The first kappa shape index (κ1) is 14.1. The zero-order chi connectivity index (χ0) is 16.4. The van der Waals surface area contributed by atoms with Crippen LogP contribution in [0.5, 0.6) is 0 Å². The van der Waals surface area contributed by atoms with Crippen LogP contribution in [0.3, 0.4) is 0 Å². The molecule has 24 heavy (non-hydrogen) atoms. The molecule has 0 fully saturated rings. The van der Waals surface area contributed by atoms with Gasteiger partial charge in [-0.15, -0.1) is 0 Å². The van der Waals surface area contributed by atoms with Gasteiger partial charge in [0.05, 0.1) is 23.4 Å². The van der Waals surface area contributed by atoms with Gasteiger partial charge in [0.25, 0.3) is 5.91 Å². The molecule has 0 atom stereocenters. The summed E-state index contributed by atoms with van der Waals surface area (Å²) in [4.78, 5) is 24.9. The lowest BCUT2D eigenvalue weighted by Crippen LogP contribution is -2.14. The topological polar surface area (TPSA) is 80.9 Å². The van der Waals surface area contributed by atoms with Crippen LogP contribution >= 0.6 is 0 Å². The Hall–Kier alpha value is -3.54. The molecule has 116 valence electrons. The van der Waals surface area contributed by atoms with Gasteiger partial charge in [0.2, 0.25) is 0 Å². The van der Waals surface area contributed by atoms with Crippen molar-refractivity contribution in [2.24, 2.45) is 0 Å². The molecular formula is C18H12N4O2. The number of benzene rings is 2. The molecule has 0 radical (unpaired) electrons. The van der Waals surface area contributed by atoms with E-state index in [0.717, 1.165) is 11.1 Å². The predicted molar refractivity (Wildman–Crippen MR) is 89.4 cm³/mol. The van der Waals surface area contributed by atoms with Gasteiger partial charge >= 0.3 is 0 Å². The number of carbonyl (C=O) groups excluding carboxylic acids is 1. The predicted octanol–water partition coefficient (Wildman–Crippen LogP) is 3.54. The van der Waals surface area contributed by atoms with Gasteiger partial charge in [-0.05, 0) is 24.3 Å². The van der Waals surface area contributed by atoms with Crippen molar-refractivity contribution in [1.82, 2.24) is 15.0 Å². The molecule has 0 spiro atoms.